The van der Waals surface area contributed by atoms with Crippen molar-refractivity contribution in [3.8, 4) is 5.75 Å². The molecule has 2 bridgehead atoms. The number of carbonyl (C=O) groups excluding carboxylic acids is 3. The molecule has 112 valence electrons. The Morgan fingerprint density at radius 3 is 2.36 bits per heavy atom. The second kappa shape index (κ2) is 4.51. The molecule has 2 saturated heterocycles. The molecule has 6 nitrogen and oxygen atoms in total. The number of anilines is 1. The number of fused-ring (bicyclic) bond motifs is 5. The minimum absolute atomic E-state index is 0.258. The van der Waals surface area contributed by atoms with Gasteiger partial charge in [-0.3, -0.25) is 14.4 Å². The molecule has 0 unspecified atom stereocenters. The SMILES string of the molecule is CC(=O)Oc1cccc(N2C(=O)[C@H]3[C@H](C2=O)[C@H]2C=C[C@H]3O2)c1. The van der Waals surface area contributed by atoms with Crippen LogP contribution in [0.2, 0.25) is 0 Å². The lowest BCUT2D eigenvalue weighted by atomic mass is 9.85. The highest BCUT2D eigenvalue weighted by atomic mass is 16.5. The van der Waals surface area contributed by atoms with E-state index in [0.29, 0.717) is 11.4 Å². The van der Waals surface area contributed by atoms with E-state index in [9.17, 15) is 14.4 Å². The molecule has 3 aliphatic heterocycles. The first-order valence-electron chi connectivity index (χ1n) is 7.06. The number of rotatable bonds is 2. The van der Waals surface area contributed by atoms with Crippen LogP contribution in [0, 0.1) is 11.8 Å². The summed E-state index contributed by atoms with van der Waals surface area (Å²) in [6.45, 7) is 1.30. The zero-order valence-electron chi connectivity index (χ0n) is 11.8. The third-order valence-corrected chi connectivity index (χ3v) is 4.25. The van der Waals surface area contributed by atoms with Gasteiger partial charge in [0.15, 0.2) is 0 Å². The Kier molecular flexibility index (Phi) is 2.71. The van der Waals surface area contributed by atoms with Crippen molar-refractivity contribution in [1.29, 1.82) is 0 Å². The van der Waals surface area contributed by atoms with Gasteiger partial charge in [0.05, 0.1) is 29.7 Å². The summed E-state index contributed by atoms with van der Waals surface area (Å²) in [7, 11) is 0. The van der Waals surface area contributed by atoms with Gasteiger partial charge in [0.2, 0.25) is 11.8 Å². The van der Waals surface area contributed by atoms with Crippen molar-refractivity contribution in [2.24, 2.45) is 11.8 Å². The molecule has 4 rings (SSSR count). The van der Waals surface area contributed by atoms with Crippen molar-refractivity contribution in [3.05, 3.63) is 36.4 Å². The van der Waals surface area contributed by atoms with Crippen molar-refractivity contribution in [1.82, 2.24) is 0 Å². The quantitative estimate of drug-likeness (QED) is 0.353. The van der Waals surface area contributed by atoms with Gasteiger partial charge in [0.25, 0.3) is 0 Å². The highest BCUT2D eigenvalue weighted by Crippen LogP contribution is 2.46. The molecule has 22 heavy (non-hydrogen) atoms. The van der Waals surface area contributed by atoms with E-state index in [0.717, 1.165) is 0 Å². The number of ether oxygens (including phenoxy) is 2. The standard InChI is InChI=1S/C16H13NO5/c1-8(18)21-10-4-2-3-9(7-10)17-15(19)13-11-5-6-12(22-11)14(13)16(17)20/h2-7,11-14H,1H3/t11-,12-,13-,14-/m1/s1. The Morgan fingerprint density at radius 2 is 1.77 bits per heavy atom. The maximum atomic E-state index is 12.6. The molecule has 0 radical (unpaired) electrons. The summed E-state index contributed by atoms with van der Waals surface area (Å²) in [4.78, 5) is 37.4. The molecule has 1 aromatic rings. The summed E-state index contributed by atoms with van der Waals surface area (Å²) in [6.07, 6.45) is 3.06. The Bertz CT molecular complexity index is 695. The zero-order chi connectivity index (χ0) is 15.4. The predicted molar refractivity (Wildman–Crippen MR) is 75.0 cm³/mol. The van der Waals surface area contributed by atoms with Gasteiger partial charge in [-0.1, -0.05) is 18.2 Å². The van der Waals surface area contributed by atoms with E-state index < -0.39 is 17.8 Å². The lowest BCUT2D eigenvalue weighted by molar-refractivity contribution is -0.132. The Balaban J connectivity index is 1.68. The van der Waals surface area contributed by atoms with Gasteiger partial charge < -0.3 is 9.47 Å². The van der Waals surface area contributed by atoms with Crippen molar-refractivity contribution in [3.63, 3.8) is 0 Å². The second-order valence-corrected chi connectivity index (χ2v) is 5.60. The number of imide groups is 1. The van der Waals surface area contributed by atoms with Gasteiger partial charge in [0.1, 0.15) is 5.75 Å². The normalized spacial score (nSPS) is 31.8. The minimum Gasteiger partial charge on any atom is -0.427 e. The molecule has 4 atom stereocenters. The monoisotopic (exact) mass is 299 g/mol. The average Bonchev–Trinajstić information content (AvgIpc) is 3.12. The van der Waals surface area contributed by atoms with Gasteiger partial charge in [-0.25, -0.2) is 4.90 Å². The third kappa shape index (κ3) is 1.74. The smallest absolute Gasteiger partial charge is 0.308 e. The van der Waals surface area contributed by atoms with Gasteiger partial charge in [-0.05, 0) is 12.1 Å². The lowest BCUT2D eigenvalue weighted by Gasteiger charge is -2.18. The first-order valence-corrected chi connectivity index (χ1v) is 7.06. The summed E-state index contributed by atoms with van der Waals surface area (Å²) in [5.74, 6) is -1.55. The van der Waals surface area contributed by atoms with Crippen LogP contribution in [-0.4, -0.2) is 30.0 Å². The number of amides is 2. The largest absolute Gasteiger partial charge is 0.427 e. The number of hydrogen-bond donors (Lipinski definition) is 0. The summed E-state index contributed by atoms with van der Waals surface area (Å²) < 4.78 is 10.6. The highest BCUT2D eigenvalue weighted by Gasteiger charge is 2.61. The molecule has 1 aromatic carbocycles. The summed E-state index contributed by atoms with van der Waals surface area (Å²) in [5, 5.41) is 0. The average molecular weight is 299 g/mol. The molecule has 0 N–H and O–H groups in total. The topological polar surface area (TPSA) is 72.9 Å². The van der Waals surface area contributed by atoms with Crippen LogP contribution in [-0.2, 0) is 19.1 Å². The van der Waals surface area contributed by atoms with Crippen LogP contribution >= 0.6 is 0 Å². The van der Waals surface area contributed by atoms with E-state index in [-0.39, 0.29) is 24.0 Å². The Morgan fingerprint density at radius 1 is 1.14 bits per heavy atom. The van der Waals surface area contributed by atoms with Gasteiger partial charge >= 0.3 is 5.97 Å². The molecular weight excluding hydrogens is 286 g/mol. The Labute approximate surface area is 126 Å². The number of esters is 1. The number of nitrogens with zero attached hydrogens (tertiary/aromatic N) is 1. The molecule has 3 aliphatic rings. The fourth-order valence-corrected chi connectivity index (χ4v) is 3.41. The molecular formula is C16H13NO5. The van der Waals surface area contributed by atoms with E-state index in [1.165, 1.54) is 17.9 Å². The molecule has 0 aliphatic carbocycles. The maximum absolute atomic E-state index is 12.6. The predicted octanol–water partition coefficient (Wildman–Crippen LogP) is 1.05. The first-order chi connectivity index (χ1) is 10.6. The fraction of sp³-hybridized carbons (Fsp3) is 0.312. The van der Waals surface area contributed by atoms with Crippen LogP contribution in [0.1, 0.15) is 6.92 Å². The van der Waals surface area contributed by atoms with Crippen LogP contribution < -0.4 is 9.64 Å². The molecule has 0 spiro atoms. The molecule has 6 heteroatoms. The number of hydrogen-bond acceptors (Lipinski definition) is 5. The lowest BCUT2D eigenvalue weighted by Crippen LogP contribution is -2.34. The van der Waals surface area contributed by atoms with E-state index in [4.69, 9.17) is 9.47 Å². The Hall–Kier alpha value is -2.47. The number of carbonyl (C=O) groups is 3. The molecule has 3 heterocycles. The molecule has 2 amide bonds. The van der Waals surface area contributed by atoms with Crippen molar-refractivity contribution < 1.29 is 23.9 Å². The van der Waals surface area contributed by atoms with Crippen LogP contribution in [0.4, 0.5) is 5.69 Å². The van der Waals surface area contributed by atoms with Crippen LogP contribution in [0.15, 0.2) is 36.4 Å². The van der Waals surface area contributed by atoms with Gasteiger partial charge in [0, 0.05) is 13.0 Å². The fourth-order valence-electron chi connectivity index (χ4n) is 3.41. The first kappa shape index (κ1) is 13.2. The van der Waals surface area contributed by atoms with Crippen LogP contribution in [0.3, 0.4) is 0 Å². The van der Waals surface area contributed by atoms with E-state index in [1.807, 2.05) is 12.2 Å². The highest BCUT2D eigenvalue weighted by molar-refractivity contribution is 6.23. The summed E-state index contributed by atoms with van der Waals surface area (Å²) >= 11 is 0. The van der Waals surface area contributed by atoms with E-state index in [1.54, 1.807) is 18.2 Å². The van der Waals surface area contributed by atoms with Crippen molar-refractivity contribution in [2.75, 3.05) is 4.90 Å². The van der Waals surface area contributed by atoms with E-state index >= 15 is 0 Å². The number of benzene rings is 1. The van der Waals surface area contributed by atoms with Gasteiger partial charge in [-0.2, -0.15) is 0 Å². The van der Waals surface area contributed by atoms with Crippen LogP contribution in [0.25, 0.3) is 0 Å². The van der Waals surface area contributed by atoms with E-state index in [2.05, 4.69) is 0 Å². The van der Waals surface area contributed by atoms with Crippen molar-refractivity contribution >= 4 is 23.5 Å². The summed E-state index contributed by atoms with van der Waals surface area (Å²) in [6, 6.07) is 6.42. The molecule has 2 fully saturated rings. The summed E-state index contributed by atoms with van der Waals surface area (Å²) in [5.41, 5.74) is 0.419. The minimum atomic E-state index is -0.455. The third-order valence-electron chi connectivity index (χ3n) is 4.25. The van der Waals surface area contributed by atoms with Gasteiger partial charge in [-0.15, -0.1) is 0 Å². The molecule has 0 aromatic heterocycles. The van der Waals surface area contributed by atoms with Crippen LogP contribution in [0.5, 0.6) is 5.75 Å². The van der Waals surface area contributed by atoms with Crippen molar-refractivity contribution in [2.45, 2.75) is 19.1 Å². The zero-order valence-corrected chi connectivity index (χ0v) is 11.8. The maximum Gasteiger partial charge on any atom is 0.308 e. The second-order valence-electron chi connectivity index (χ2n) is 5.60. The molecule has 0 saturated carbocycles.